The van der Waals surface area contributed by atoms with E-state index in [0.29, 0.717) is 19.4 Å². The average molecular weight is 500 g/mol. The van der Waals surface area contributed by atoms with Gasteiger partial charge in [-0.3, -0.25) is 14.6 Å². The molecule has 0 aliphatic carbocycles. The first-order valence-electron chi connectivity index (χ1n) is 12.5. The molecule has 0 unspecified atom stereocenters. The molecule has 0 saturated carbocycles. The second-order valence-corrected chi connectivity index (χ2v) is 10.2. The van der Waals surface area contributed by atoms with E-state index in [1.54, 1.807) is 33.0 Å². The zero-order valence-electron chi connectivity index (χ0n) is 22.1. The first-order valence-corrected chi connectivity index (χ1v) is 12.5. The molecule has 7 nitrogen and oxygen atoms in total. The number of carbonyl (C=O) groups excluding carboxylic acids is 2. The topological polar surface area (TPSA) is 106 Å². The number of esters is 1. The molecule has 0 radical (unpaired) electrons. The number of aliphatic hydroxyl groups excluding tert-OH is 2. The highest BCUT2D eigenvalue weighted by Gasteiger charge is 2.43. The predicted octanol–water partition coefficient (Wildman–Crippen LogP) is 4.44. The van der Waals surface area contributed by atoms with Gasteiger partial charge in [-0.2, -0.15) is 0 Å². The summed E-state index contributed by atoms with van der Waals surface area (Å²) in [4.78, 5) is 30.7. The minimum atomic E-state index is -1.30. The second-order valence-electron chi connectivity index (χ2n) is 10.2. The van der Waals surface area contributed by atoms with Crippen LogP contribution in [-0.4, -0.2) is 58.0 Å². The van der Waals surface area contributed by atoms with E-state index in [2.05, 4.69) is 11.6 Å². The summed E-state index contributed by atoms with van der Waals surface area (Å²) < 4.78 is 11.7. The number of cyclic esters (lactones) is 1. The fraction of sp³-hybridized carbons (Fsp3) is 0.552. The largest absolute Gasteiger partial charge is 0.457 e. The lowest BCUT2D eigenvalue weighted by Gasteiger charge is -2.35. The third-order valence-corrected chi connectivity index (χ3v) is 6.88. The molecule has 0 amide bonds. The van der Waals surface area contributed by atoms with E-state index in [1.807, 2.05) is 44.2 Å². The van der Waals surface area contributed by atoms with Crippen molar-refractivity contribution in [2.45, 2.75) is 84.7 Å². The summed E-state index contributed by atoms with van der Waals surface area (Å²) in [5.74, 6) is -1.77. The van der Waals surface area contributed by atoms with Crippen LogP contribution in [0, 0.1) is 11.3 Å². The van der Waals surface area contributed by atoms with Crippen LogP contribution in [0.5, 0.6) is 0 Å². The Kier molecular flexibility index (Phi) is 11.2. The monoisotopic (exact) mass is 499 g/mol. The van der Waals surface area contributed by atoms with Crippen molar-refractivity contribution in [1.82, 2.24) is 4.98 Å². The maximum Gasteiger partial charge on any atom is 0.309 e. The van der Waals surface area contributed by atoms with E-state index in [1.165, 1.54) is 0 Å². The maximum absolute atomic E-state index is 13.4. The summed E-state index contributed by atoms with van der Waals surface area (Å²) in [6, 6.07) is 5.58. The van der Waals surface area contributed by atoms with Crippen molar-refractivity contribution in [3.8, 4) is 0 Å². The van der Waals surface area contributed by atoms with E-state index < -0.39 is 41.7 Å². The number of carbonyl (C=O) groups is 2. The molecule has 2 N–H and O–H groups in total. The molecule has 7 heteroatoms. The van der Waals surface area contributed by atoms with Gasteiger partial charge in [0.05, 0.1) is 48.4 Å². The van der Waals surface area contributed by atoms with Crippen molar-refractivity contribution in [1.29, 1.82) is 0 Å². The Bertz CT molecular complexity index is 952. The van der Waals surface area contributed by atoms with Crippen LogP contribution in [0.25, 0.3) is 6.08 Å². The number of aromatic nitrogens is 1. The summed E-state index contributed by atoms with van der Waals surface area (Å²) in [7, 11) is 0. The number of Topliss-reactive ketones (excluding diaryl/α,β-unsaturated/α-hetero) is 1. The molecule has 0 fully saturated rings. The number of rotatable bonds is 4. The fourth-order valence-corrected chi connectivity index (χ4v) is 4.20. The zero-order chi connectivity index (χ0) is 26.9. The first-order chi connectivity index (χ1) is 17.0. The minimum Gasteiger partial charge on any atom is -0.457 e. The van der Waals surface area contributed by atoms with Crippen LogP contribution in [0.4, 0.5) is 0 Å². The molecule has 0 saturated heterocycles. The zero-order valence-corrected chi connectivity index (χ0v) is 22.1. The summed E-state index contributed by atoms with van der Waals surface area (Å²) in [5, 5.41) is 21.8. The Hall–Kier alpha value is -2.61. The number of hydrogen-bond acceptors (Lipinski definition) is 7. The molecule has 0 bridgehead atoms. The van der Waals surface area contributed by atoms with Crippen LogP contribution >= 0.6 is 0 Å². The lowest BCUT2D eigenvalue weighted by atomic mass is 9.72. The van der Waals surface area contributed by atoms with Gasteiger partial charge in [0.15, 0.2) is 0 Å². The molecule has 1 aliphatic heterocycles. The minimum absolute atomic E-state index is 0.229. The highest BCUT2D eigenvalue weighted by Crippen LogP contribution is 2.32. The Balaban J connectivity index is 2.37. The van der Waals surface area contributed by atoms with Crippen LogP contribution in [-0.2, 0) is 19.1 Å². The van der Waals surface area contributed by atoms with Crippen LogP contribution in [0.3, 0.4) is 0 Å². The van der Waals surface area contributed by atoms with E-state index in [9.17, 15) is 19.8 Å². The lowest BCUT2D eigenvalue weighted by molar-refractivity contribution is -0.155. The normalized spacial score (nSPS) is 30.7. The van der Waals surface area contributed by atoms with Crippen molar-refractivity contribution < 1.29 is 29.3 Å². The number of allylic oxidation sites excluding steroid dienone is 1. The maximum atomic E-state index is 13.4. The van der Waals surface area contributed by atoms with Gasteiger partial charge in [-0.15, -0.1) is 6.58 Å². The van der Waals surface area contributed by atoms with Gasteiger partial charge < -0.3 is 19.7 Å². The van der Waals surface area contributed by atoms with Gasteiger partial charge in [0, 0.05) is 12.6 Å². The Morgan fingerprint density at radius 1 is 1.28 bits per heavy atom. The predicted molar refractivity (Wildman–Crippen MR) is 140 cm³/mol. The molecule has 1 aromatic heterocycles. The van der Waals surface area contributed by atoms with Gasteiger partial charge in [-0.25, -0.2) is 0 Å². The van der Waals surface area contributed by atoms with E-state index in [-0.39, 0.29) is 18.6 Å². The van der Waals surface area contributed by atoms with Crippen LogP contribution < -0.4 is 0 Å². The molecule has 2 heterocycles. The SMILES string of the molecule is C=CC[C@H]1C(=O)C(C)(C)[C@@H](O)CC(=O)O[C@H](/C(C)=C/c2ccccn2)C/C=C(/C)CCO[C@H](C)[C@H]1O. The van der Waals surface area contributed by atoms with Crippen molar-refractivity contribution in [3.05, 3.63) is 60.0 Å². The quantitative estimate of drug-likeness (QED) is 0.466. The van der Waals surface area contributed by atoms with E-state index >= 15 is 0 Å². The lowest BCUT2D eigenvalue weighted by Crippen LogP contribution is -2.48. The molecule has 1 aromatic rings. The fourth-order valence-electron chi connectivity index (χ4n) is 4.20. The van der Waals surface area contributed by atoms with E-state index in [0.717, 1.165) is 16.8 Å². The molecule has 1 aliphatic rings. The summed E-state index contributed by atoms with van der Waals surface area (Å²) in [5.41, 5.74) is 1.32. The first kappa shape index (κ1) is 29.6. The van der Waals surface area contributed by atoms with Crippen LogP contribution in [0.1, 0.15) is 66.0 Å². The number of hydrogen-bond donors (Lipinski definition) is 2. The third-order valence-electron chi connectivity index (χ3n) is 6.88. The summed E-state index contributed by atoms with van der Waals surface area (Å²) in [6.07, 6.45) is 4.60. The third kappa shape index (κ3) is 8.22. The molecule has 0 aromatic carbocycles. The highest BCUT2D eigenvalue weighted by atomic mass is 16.5. The van der Waals surface area contributed by atoms with Gasteiger partial charge in [-0.1, -0.05) is 37.6 Å². The van der Waals surface area contributed by atoms with Gasteiger partial charge in [-0.05, 0) is 57.4 Å². The number of ether oxygens (including phenoxy) is 2. The van der Waals surface area contributed by atoms with Gasteiger partial charge in [0.2, 0.25) is 0 Å². The van der Waals surface area contributed by atoms with Gasteiger partial charge in [0.1, 0.15) is 11.9 Å². The van der Waals surface area contributed by atoms with Gasteiger partial charge in [0.25, 0.3) is 0 Å². The Labute approximate surface area is 214 Å². The molecule has 2 rings (SSSR count). The van der Waals surface area contributed by atoms with Crippen molar-refractivity contribution in [2.24, 2.45) is 11.3 Å². The number of aliphatic hydroxyl groups is 2. The molecule has 5 atom stereocenters. The van der Waals surface area contributed by atoms with Crippen molar-refractivity contribution >= 4 is 17.8 Å². The van der Waals surface area contributed by atoms with Gasteiger partial charge >= 0.3 is 5.97 Å². The van der Waals surface area contributed by atoms with Crippen molar-refractivity contribution in [2.75, 3.05) is 6.61 Å². The number of pyridine rings is 1. The van der Waals surface area contributed by atoms with Crippen LogP contribution in [0.15, 0.2) is 54.3 Å². The molecular weight excluding hydrogens is 458 g/mol. The highest BCUT2D eigenvalue weighted by molar-refractivity contribution is 5.88. The Morgan fingerprint density at radius 2 is 2.00 bits per heavy atom. The number of ketones is 1. The standard InChI is InChI=1S/C29H41NO6/c1-7-10-23-27(33)21(4)35-16-14-19(2)12-13-24(20(3)17-22-11-8-9-15-30-22)36-26(32)18-25(31)29(5,6)28(23)34/h7-9,11-12,15,17,21,23-25,27,31,33H,1,10,13-14,16,18H2,2-6H3/b19-12-,20-17+/t21-,23-,24+,25+,27-/m1/s1. The average Bonchev–Trinajstić information content (AvgIpc) is 2.84. The summed E-state index contributed by atoms with van der Waals surface area (Å²) in [6.45, 7) is 12.8. The smallest absolute Gasteiger partial charge is 0.309 e. The number of nitrogens with zero attached hydrogens (tertiary/aromatic N) is 1. The van der Waals surface area contributed by atoms with Crippen molar-refractivity contribution in [3.63, 3.8) is 0 Å². The molecular formula is C29H41NO6. The van der Waals surface area contributed by atoms with Crippen LogP contribution in [0.2, 0.25) is 0 Å². The molecule has 36 heavy (non-hydrogen) atoms. The van der Waals surface area contributed by atoms with E-state index in [4.69, 9.17) is 9.47 Å². The Morgan fingerprint density at radius 3 is 2.64 bits per heavy atom. The second kappa shape index (κ2) is 13.6. The molecule has 198 valence electrons. The molecule has 0 spiro atoms. The summed E-state index contributed by atoms with van der Waals surface area (Å²) >= 11 is 0.